The van der Waals surface area contributed by atoms with Gasteiger partial charge in [0, 0.05) is 13.0 Å². The Bertz CT molecular complexity index is 360. The van der Waals surface area contributed by atoms with Gasteiger partial charge < -0.3 is 15.2 Å². The molecule has 1 aromatic rings. The Hall–Kier alpha value is -1.55. The molecule has 0 heterocycles. The van der Waals surface area contributed by atoms with Crippen molar-refractivity contribution in [3.63, 3.8) is 0 Å². The van der Waals surface area contributed by atoms with Crippen LogP contribution in [0.25, 0.3) is 0 Å². The summed E-state index contributed by atoms with van der Waals surface area (Å²) in [6.07, 6.45) is 1.40. The number of aryl methyl sites for hydroxylation is 1. The number of hydrogen-bond acceptors (Lipinski definition) is 3. The van der Waals surface area contributed by atoms with Crippen molar-refractivity contribution in [2.45, 2.75) is 32.3 Å². The summed E-state index contributed by atoms with van der Waals surface area (Å²) in [6.45, 7) is 2.24. The monoisotopic (exact) mass is 251 g/mol. The van der Waals surface area contributed by atoms with Gasteiger partial charge in [0.15, 0.2) is 0 Å². The Morgan fingerprint density at radius 1 is 1.39 bits per heavy atom. The maximum atomic E-state index is 11.5. The molecule has 0 aromatic heterocycles. The van der Waals surface area contributed by atoms with Crippen LogP contribution in [0.2, 0.25) is 0 Å². The molecule has 0 aliphatic carbocycles. The molecule has 1 amide bonds. The molecule has 1 aromatic carbocycles. The molecule has 0 aliphatic rings. The summed E-state index contributed by atoms with van der Waals surface area (Å²) in [5, 5.41) is 11.8. The van der Waals surface area contributed by atoms with E-state index in [1.807, 2.05) is 24.3 Å². The van der Waals surface area contributed by atoms with Crippen LogP contribution in [-0.4, -0.2) is 30.8 Å². The smallest absolute Gasteiger partial charge is 0.220 e. The van der Waals surface area contributed by atoms with E-state index in [0.717, 1.165) is 11.3 Å². The number of benzene rings is 1. The quantitative estimate of drug-likeness (QED) is 0.772. The number of rotatable bonds is 7. The van der Waals surface area contributed by atoms with Gasteiger partial charge in [-0.1, -0.05) is 12.1 Å². The standard InChI is InChI=1S/C14H21NO3/c1-11(16)9-10-15-14(17)8-5-12-3-6-13(18-2)7-4-12/h3-4,6-7,11,16H,5,8-10H2,1-2H3,(H,15,17). The number of carbonyl (C=O) groups excluding carboxylic acids is 1. The normalized spacial score (nSPS) is 11.9. The van der Waals surface area contributed by atoms with Crippen molar-refractivity contribution in [1.29, 1.82) is 0 Å². The van der Waals surface area contributed by atoms with Crippen molar-refractivity contribution in [2.24, 2.45) is 0 Å². The number of aliphatic hydroxyl groups is 1. The first-order valence-electron chi connectivity index (χ1n) is 6.19. The fourth-order valence-electron chi connectivity index (χ4n) is 1.56. The predicted molar refractivity (Wildman–Crippen MR) is 70.6 cm³/mol. The van der Waals surface area contributed by atoms with Gasteiger partial charge in [0.25, 0.3) is 0 Å². The summed E-state index contributed by atoms with van der Waals surface area (Å²) >= 11 is 0. The molecule has 0 spiro atoms. The largest absolute Gasteiger partial charge is 0.497 e. The van der Waals surface area contributed by atoms with Crippen molar-refractivity contribution in [1.82, 2.24) is 5.32 Å². The van der Waals surface area contributed by atoms with Crippen LogP contribution in [-0.2, 0) is 11.2 Å². The van der Waals surface area contributed by atoms with Gasteiger partial charge >= 0.3 is 0 Å². The Kier molecular flexibility index (Phi) is 6.22. The first-order valence-corrected chi connectivity index (χ1v) is 6.19. The van der Waals surface area contributed by atoms with Crippen molar-refractivity contribution in [3.8, 4) is 5.75 Å². The molecule has 0 aliphatic heterocycles. The van der Waals surface area contributed by atoms with E-state index in [2.05, 4.69) is 5.32 Å². The van der Waals surface area contributed by atoms with Gasteiger partial charge in [0.2, 0.25) is 5.91 Å². The molecule has 0 radical (unpaired) electrons. The summed E-state index contributed by atoms with van der Waals surface area (Å²) in [5.74, 6) is 0.839. The molecule has 18 heavy (non-hydrogen) atoms. The third-order valence-corrected chi connectivity index (χ3v) is 2.68. The molecule has 4 heteroatoms. The molecule has 1 atom stereocenters. The number of nitrogens with one attached hydrogen (secondary N) is 1. The fraction of sp³-hybridized carbons (Fsp3) is 0.500. The van der Waals surface area contributed by atoms with Crippen molar-refractivity contribution in [3.05, 3.63) is 29.8 Å². The van der Waals surface area contributed by atoms with E-state index in [-0.39, 0.29) is 12.0 Å². The van der Waals surface area contributed by atoms with Gasteiger partial charge in [-0.05, 0) is 37.5 Å². The number of hydrogen-bond donors (Lipinski definition) is 2. The van der Waals surface area contributed by atoms with E-state index in [1.54, 1.807) is 14.0 Å². The number of aliphatic hydroxyl groups excluding tert-OH is 1. The van der Waals surface area contributed by atoms with E-state index in [1.165, 1.54) is 0 Å². The second-order valence-corrected chi connectivity index (χ2v) is 4.34. The number of ether oxygens (including phenoxy) is 1. The average Bonchev–Trinajstić information content (AvgIpc) is 2.36. The number of methoxy groups -OCH3 is 1. The molecule has 2 N–H and O–H groups in total. The van der Waals surface area contributed by atoms with Crippen LogP contribution in [0.3, 0.4) is 0 Å². The zero-order valence-electron chi connectivity index (χ0n) is 11.0. The second kappa shape index (κ2) is 7.71. The van der Waals surface area contributed by atoms with E-state index >= 15 is 0 Å². The highest BCUT2D eigenvalue weighted by molar-refractivity contribution is 5.76. The topological polar surface area (TPSA) is 58.6 Å². The molecule has 0 fully saturated rings. The maximum absolute atomic E-state index is 11.5. The van der Waals surface area contributed by atoms with Crippen molar-refractivity contribution < 1.29 is 14.6 Å². The van der Waals surface area contributed by atoms with E-state index in [0.29, 0.717) is 25.8 Å². The first kappa shape index (κ1) is 14.5. The highest BCUT2D eigenvalue weighted by Crippen LogP contribution is 2.12. The maximum Gasteiger partial charge on any atom is 0.220 e. The lowest BCUT2D eigenvalue weighted by Crippen LogP contribution is -2.26. The van der Waals surface area contributed by atoms with Gasteiger partial charge in [-0.3, -0.25) is 4.79 Å². The molecular weight excluding hydrogens is 230 g/mol. The Labute approximate surface area is 108 Å². The van der Waals surface area contributed by atoms with Gasteiger partial charge in [-0.2, -0.15) is 0 Å². The number of amides is 1. The minimum absolute atomic E-state index is 0.0199. The molecule has 0 bridgehead atoms. The van der Waals surface area contributed by atoms with Gasteiger partial charge in [0.05, 0.1) is 13.2 Å². The van der Waals surface area contributed by atoms with Crippen LogP contribution in [0.5, 0.6) is 5.75 Å². The van der Waals surface area contributed by atoms with Crippen LogP contribution in [0.1, 0.15) is 25.3 Å². The summed E-state index contributed by atoms with van der Waals surface area (Å²) in [6, 6.07) is 7.70. The summed E-state index contributed by atoms with van der Waals surface area (Å²) in [7, 11) is 1.63. The molecule has 100 valence electrons. The van der Waals surface area contributed by atoms with Crippen LogP contribution < -0.4 is 10.1 Å². The third-order valence-electron chi connectivity index (χ3n) is 2.68. The molecule has 1 rings (SSSR count). The van der Waals surface area contributed by atoms with Crippen LogP contribution in [0.15, 0.2) is 24.3 Å². The highest BCUT2D eigenvalue weighted by Gasteiger charge is 2.03. The van der Waals surface area contributed by atoms with Gasteiger partial charge in [-0.25, -0.2) is 0 Å². The van der Waals surface area contributed by atoms with Gasteiger partial charge in [-0.15, -0.1) is 0 Å². The van der Waals surface area contributed by atoms with E-state index < -0.39 is 0 Å². The summed E-state index contributed by atoms with van der Waals surface area (Å²) in [4.78, 5) is 11.5. The summed E-state index contributed by atoms with van der Waals surface area (Å²) < 4.78 is 5.07. The lowest BCUT2D eigenvalue weighted by Gasteiger charge is -2.07. The lowest BCUT2D eigenvalue weighted by atomic mass is 10.1. The second-order valence-electron chi connectivity index (χ2n) is 4.34. The molecule has 1 unspecified atom stereocenters. The Morgan fingerprint density at radius 2 is 2.06 bits per heavy atom. The van der Waals surface area contributed by atoms with Crippen LogP contribution >= 0.6 is 0 Å². The van der Waals surface area contributed by atoms with Gasteiger partial charge in [0.1, 0.15) is 5.75 Å². The SMILES string of the molecule is COc1ccc(CCC(=O)NCCC(C)O)cc1. The molecule has 4 nitrogen and oxygen atoms in total. The summed E-state index contributed by atoms with van der Waals surface area (Å²) in [5.41, 5.74) is 1.11. The fourth-order valence-corrected chi connectivity index (χ4v) is 1.56. The lowest BCUT2D eigenvalue weighted by molar-refractivity contribution is -0.121. The predicted octanol–water partition coefficient (Wildman–Crippen LogP) is 1.51. The minimum Gasteiger partial charge on any atom is -0.497 e. The van der Waals surface area contributed by atoms with E-state index in [9.17, 15) is 4.79 Å². The average molecular weight is 251 g/mol. The molecular formula is C14H21NO3. The molecule has 0 saturated carbocycles. The van der Waals surface area contributed by atoms with Crippen molar-refractivity contribution >= 4 is 5.91 Å². The van der Waals surface area contributed by atoms with E-state index in [4.69, 9.17) is 9.84 Å². The molecule has 0 saturated heterocycles. The Balaban J connectivity index is 2.24. The first-order chi connectivity index (χ1) is 8.61. The highest BCUT2D eigenvalue weighted by atomic mass is 16.5. The minimum atomic E-state index is -0.369. The third kappa shape index (κ3) is 5.68. The zero-order valence-corrected chi connectivity index (χ0v) is 11.0. The van der Waals surface area contributed by atoms with Crippen LogP contribution in [0.4, 0.5) is 0 Å². The van der Waals surface area contributed by atoms with Crippen LogP contribution in [0, 0.1) is 0 Å². The number of carbonyl (C=O) groups is 1. The van der Waals surface area contributed by atoms with Crippen molar-refractivity contribution in [2.75, 3.05) is 13.7 Å². The Morgan fingerprint density at radius 3 is 2.61 bits per heavy atom. The zero-order chi connectivity index (χ0) is 13.4.